The molecule has 1 aromatic rings. The molecule has 0 heterocycles. The summed E-state index contributed by atoms with van der Waals surface area (Å²) in [5.74, 6) is 0. The molecule has 0 spiro atoms. The van der Waals surface area contributed by atoms with Crippen LogP contribution in [0.2, 0.25) is 0 Å². The minimum absolute atomic E-state index is 0.121. The van der Waals surface area contributed by atoms with E-state index in [0.717, 1.165) is 24.1 Å². The lowest BCUT2D eigenvalue weighted by Crippen LogP contribution is -2.05. The molecule has 2 N–H and O–H groups in total. The number of hydrogen-bond acceptors (Lipinski definition) is 2. The topological polar surface area (TPSA) is 32.3 Å². The number of rotatable bonds is 5. The zero-order valence-electron chi connectivity index (χ0n) is 9.46. The molecule has 0 bridgehead atoms. The van der Waals surface area contributed by atoms with E-state index in [4.69, 9.17) is 5.11 Å². The highest BCUT2D eigenvalue weighted by Gasteiger charge is 1.96. The molecular weight excluding hydrogens is 186 g/mol. The van der Waals surface area contributed by atoms with E-state index in [1.54, 1.807) is 0 Å². The fourth-order valence-corrected chi connectivity index (χ4v) is 1.45. The van der Waals surface area contributed by atoms with E-state index in [1.165, 1.54) is 5.56 Å². The molecule has 1 rings (SSSR count). The first-order valence-electron chi connectivity index (χ1n) is 5.29. The van der Waals surface area contributed by atoms with Crippen molar-refractivity contribution in [3.05, 3.63) is 41.0 Å². The van der Waals surface area contributed by atoms with Crippen molar-refractivity contribution in [3.8, 4) is 0 Å². The summed E-state index contributed by atoms with van der Waals surface area (Å²) in [4.78, 5) is 0. The first kappa shape index (κ1) is 12.0. The van der Waals surface area contributed by atoms with Crippen LogP contribution in [0.5, 0.6) is 0 Å². The fourth-order valence-electron chi connectivity index (χ4n) is 1.45. The molecule has 82 valence electrons. The second-order valence-electron chi connectivity index (χ2n) is 3.64. The van der Waals surface area contributed by atoms with Crippen LogP contribution in [-0.4, -0.2) is 18.7 Å². The molecule has 2 heteroatoms. The maximum atomic E-state index is 9.03. The van der Waals surface area contributed by atoms with E-state index in [-0.39, 0.29) is 6.61 Å². The molecule has 0 aliphatic carbocycles. The van der Waals surface area contributed by atoms with Gasteiger partial charge in [0.05, 0.1) is 6.61 Å². The van der Waals surface area contributed by atoms with Gasteiger partial charge in [0.2, 0.25) is 0 Å². The first-order valence-corrected chi connectivity index (χ1v) is 5.29. The van der Waals surface area contributed by atoms with Gasteiger partial charge in [0.15, 0.2) is 0 Å². The Hall–Kier alpha value is -1.12. The third kappa shape index (κ3) is 3.86. The van der Waals surface area contributed by atoms with Crippen LogP contribution < -0.4 is 5.32 Å². The minimum Gasteiger partial charge on any atom is -0.392 e. The van der Waals surface area contributed by atoms with E-state index in [0.29, 0.717) is 0 Å². The highest BCUT2D eigenvalue weighted by atomic mass is 16.3. The summed E-state index contributed by atoms with van der Waals surface area (Å²) in [5.41, 5.74) is 3.34. The largest absolute Gasteiger partial charge is 0.392 e. The van der Waals surface area contributed by atoms with Crippen LogP contribution in [0.25, 0.3) is 6.08 Å². The van der Waals surface area contributed by atoms with Crippen molar-refractivity contribution in [2.24, 2.45) is 0 Å². The Bertz CT molecular complexity index is 331. The minimum atomic E-state index is 0.121. The summed E-state index contributed by atoms with van der Waals surface area (Å²) >= 11 is 0. The average Bonchev–Trinajstić information content (AvgIpc) is 2.25. The molecule has 0 saturated heterocycles. The van der Waals surface area contributed by atoms with Gasteiger partial charge >= 0.3 is 0 Å². The quantitative estimate of drug-likeness (QED) is 0.722. The second-order valence-corrected chi connectivity index (χ2v) is 3.64. The van der Waals surface area contributed by atoms with Crippen LogP contribution in [0.4, 0.5) is 0 Å². The van der Waals surface area contributed by atoms with Gasteiger partial charge in [-0.15, -0.1) is 0 Å². The lowest BCUT2D eigenvalue weighted by atomic mass is 10.1. The normalized spacial score (nSPS) is 11.1. The maximum absolute atomic E-state index is 9.03. The van der Waals surface area contributed by atoms with Gasteiger partial charge in [0.1, 0.15) is 0 Å². The summed E-state index contributed by atoms with van der Waals surface area (Å²) in [6, 6.07) is 6.11. The second kappa shape index (κ2) is 6.38. The summed E-state index contributed by atoms with van der Waals surface area (Å²) in [7, 11) is 1.95. The van der Waals surface area contributed by atoms with Gasteiger partial charge in [-0.3, -0.25) is 0 Å². The molecule has 0 aliphatic rings. The van der Waals surface area contributed by atoms with Crippen LogP contribution in [0.15, 0.2) is 24.3 Å². The van der Waals surface area contributed by atoms with Crippen molar-refractivity contribution in [1.82, 2.24) is 5.32 Å². The Labute approximate surface area is 91.6 Å². The Morgan fingerprint density at radius 3 is 2.80 bits per heavy atom. The van der Waals surface area contributed by atoms with E-state index in [2.05, 4.69) is 23.5 Å². The molecule has 0 atom stereocenters. The summed E-state index contributed by atoms with van der Waals surface area (Å²) < 4.78 is 0. The first-order chi connectivity index (χ1) is 7.27. The zero-order chi connectivity index (χ0) is 11.1. The maximum Gasteiger partial charge on any atom is 0.0684 e. The number of nitrogens with one attached hydrogen (secondary N) is 1. The van der Waals surface area contributed by atoms with Crippen molar-refractivity contribution in [1.29, 1.82) is 0 Å². The molecule has 0 amide bonds. The number of benzene rings is 1. The van der Waals surface area contributed by atoms with Crippen LogP contribution in [0.1, 0.15) is 23.1 Å². The fraction of sp³-hybridized carbons (Fsp3) is 0.385. The SMILES string of the molecule is CNCCC=Cc1ccc(CO)c(C)c1. The summed E-state index contributed by atoms with van der Waals surface area (Å²) in [6.45, 7) is 3.15. The third-order valence-electron chi connectivity index (χ3n) is 2.41. The van der Waals surface area contributed by atoms with E-state index < -0.39 is 0 Å². The monoisotopic (exact) mass is 205 g/mol. The average molecular weight is 205 g/mol. The van der Waals surface area contributed by atoms with Gasteiger partial charge in [-0.25, -0.2) is 0 Å². The van der Waals surface area contributed by atoms with Crippen molar-refractivity contribution in [2.45, 2.75) is 20.0 Å². The molecule has 0 radical (unpaired) electrons. The van der Waals surface area contributed by atoms with Crippen LogP contribution in [0, 0.1) is 6.92 Å². The molecular formula is C13H19NO. The van der Waals surface area contributed by atoms with E-state index in [1.807, 2.05) is 26.1 Å². The van der Waals surface area contributed by atoms with Crippen LogP contribution >= 0.6 is 0 Å². The Kier molecular flexibility index (Phi) is 5.08. The molecule has 0 fully saturated rings. The van der Waals surface area contributed by atoms with Crippen molar-refractivity contribution >= 4 is 6.08 Å². The number of aliphatic hydroxyl groups is 1. The molecule has 15 heavy (non-hydrogen) atoms. The van der Waals surface area contributed by atoms with E-state index >= 15 is 0 Å². The summed E-state index contributed by atoms with van der Waals surface area (Å²) in [6.07, 6.45) is 5.31. The standard InChI is InChI=1S/C13H19NO/c1-11-9-12(5-3-4-8-14-2)6-7-13(11)10-15/h3,5-7,9,14-15H,4,8,10H2,1-2H3. The van der Waals surface area contributed by atoms with Gasteiger partial charge in [-0.1, -0.05) is 30.4 Å². The lowest BCUT2D eigenvalue weighted by molar-refractivity contribution is 0.281. The summed E-state index contributed by atoms with van der Waals surface area (Å²) in [5, 5.41) is 12.1. The highest BCUT2D eigenvalue weighted by Crippen LogP contribution is 2.12. The molecule has 0 aliphatic heterocycles. The predicted molar refractivity (Wildman–Crippen MR) is 64.7 cm³/mol. The van der Waals surface area contributed by atoms with E-state index in [9.17, 15) is 0 Å². The number of aryl methyl sites for hydroxylation is 1. The van der Waals surface area contributed by atoms with Gasteiger partial charge in [0.25, 0.3) is 0 Å². The third-order valence-corrected chi connectivity index (χ3v) is 2.41. The lowest BCUT2D eigenvalue weighted by Gasteiger charge is -2.03. The van der Waals surface area contributed by atoms with Gasteiger partial charge in [-0.2, -0.15) is 0 Å². The van der Waals surface area contributed by atoms with Gasteiger partial charge in [0, 0.05) is 0 Å². The molecule has 2 nitrogen and oxygen atoms in total. The molecule has 0 aromatic heterocycles. The van der Waals surface area contributed by atoms with Crippen LogP contribution in [0.3, 0.4) is 0 Å². The van der Waals surface area contributed by atoms with Crippen molar-refractivity contribution in [2.75, 3.05) is 13.6 Å². The smallest absolute Gasteiger partial charge is 0.0684 e. The predicted octanol–water partition coefficient (Wildman–Crippen LogP) is 2.11. The molecule has 0 unspecified atom stereocenters. The number of aliphatic hydroxyl groups excluding tert-OH is 1. The van der Waals surface area contributed by atoms with Gasteiger partial charge < -0.3 is 10.4 Å². The van der Waals surface area contributed by atoms with Crippen LogP contribution in [-0.2, 0) is 6.61 Å². The van der Waals surface area contributed by atoms with Crippen molar-refractivity contribution < 1.29 is 5.11 Å². The van der Waals surface area contributed by atoms with Gasteiger partial charge in [-0.05, 0) is 43.6 Å². The highest BCUT2D eigenvalue weighted by molar-refractivity contribution is 5.51. The Morgan fingerprint density at radius 2 is 2.20 bits per heavy atom. The molecule has 0 saturated carbocycles. The molecule has 1 aromatic carbocycles. The Balaban J connectivity index is 2.63. The zero-order valence-corrected chi connectivity index (χ0v) is 9.46. The number of hydrogen-bond donors (Lipinski definition) is 2. The van der Waals surface area contributed by atoms with Crippen molar-refractivity contribution in [3.63, 3.8) is 0 Å². The Morgan fingerprint density at radius 1 is 1.40 bits per heavy atom.